The van der Waals surface area contributed by atoms with Crippen LogP contribution in [0, 0.1) is 6.92 Å². The van der Waals surface area contributed by atoms with Gasteiger partial charge in [-0.15, -0.1) is 0 Å². The SMILES string of the molecule is CSCCN1CCC(NC(=O)c2cnn3cccc(C)c23)CC1. The lowest BCUT2D eigenvalue weighted by atomic mass is 10.0. The third kappa shape index (κ3) is 3.70. The molecule has 0 atom stereocenters. The molecule has 1 aliphatic heterocycles. The largest absolute Gasteiger partial charge is 0.349 e. The molecule has 124 valence electrons. The highest BCUT2D eigenvalue weighted by molar-refractivity contribution is 7.98. The minimum Gasteiger partial charge on any atom is -0.349 e. The normalized spacial score (nSPS) is 16.8. The van der Waals surface area contributed by atoms with Crippen molar-refractivity contribution >= 4 is 23.2 Å². The molecule has 0 saturated carbocycles. The van der Waals surface area contributed by atoms with E-state index in [4.69, 9.17) is 0 Å². The Kier molecular flexibility index (Phi) is 5.23. The number of nitrogens with one attached hydrogen (secondary N) is 1. The van der Waals surface area contributed by atoms with E-state index in [1.807, 2.05) is 37.0 Å². The zero-order valence-corrected chi connectivity index (χ0v) is 14.6. The van der Waals surface area contributed by atoms with Crippen LogP contribution < -0.4 is 5.32 Å². The summed E-state index contributed by atoms with van der Waals surface area (Å²) in [5, 5.41) is 7.48. The Morgan fingerprint density at radius 2 is 2.22 bits per heavy atom. The van der Waals surface area contributed by atoms with Crippen molar-refractivity contribution in [1.82, 2.24) is 19.8 Å². The van der Waals surface area contributed by atoms with E-state index < -0.39 is 0 Å². The lowest BCUT2D eigenvalue weighted by Gasteiger charge is -2.32. The lowest BCUT2D eigenvalue weighted by Crippen LogP contribution is -2.45. The van der Waals surface area contributed by atoms with Crippen molar-refractivity contribution in [3.63, 3.8) is 0 Å². The number of likely N-dealkylation sites (tertiary alicyclic amines) is 1. The van der Waals surface area contributed by atoms with Gasteiger partial charge >= 0.3 is 0 Å². The fourth-order valence-electron chi connectivity index (χ4n) is 3.17. The molecule has 2 aromatic heterocycles. The van der Waals surface area contributed by atoms with Crippen LogP contribution in [0.3, 0.4) is 0 Å². The van der Waals surface area contributed by atoms with Gasteiger partial charge < -0.3 is 10.2 Å². The highest BCUT2D eigenvalue weighted by atomic mass is 32.2. The van der Waals surface area contributed by atoms with Gasteiger partial charge in [0.2, 0.25) is 0 Å². The molecule has 1 N–H and O–H groups in total. The van der Waals surface area contributed by atoms with Crippen LogP contribution in [-0.4, -0.2) is 58.1 Å². The summed E-state index contributed by atoms with van der Waals surface area (Å²) in [6.45, 7) is 5.30. The van der Waals surface area contributed by atoms with E-state index in [1.54, 1.807) is 10.7 Å². The van der Waals surface area contributed by atoms with Gasteiger partial charge in [0.15, 0.2) is 0 Å². The second kappa shape index (κ2) is 7.36. The highest BCUT2D eigenvalue weighted by Gasteiger charge is 2.22. The van der Waals surface area contributed by atoms with Crippen molar-refractivity contribution in [2.45, 2.75) is 25.8 Å². The Morgan fingerprint density at radius 3 is 2.96 bits per heavy atom. The maximum absolute atomic E-state index is 12.6. The highest BCUT2D eigenvalue weighted by Crippen LogP contribution is 2.17. The van der Waals surface area contributed by atoms with Crippen LogP contribution in [0.25, 0.3) is 5.52 Å². The maximum Gasteiger partial charge on any atom is 0.255 e. The van der Waals surface area contributed by atoms with Gasteiger partial charge in [-0.3, -0.25) is 4.79 Å². The van der Waals surface area contributed by atoms with Crippen molar-refractivity contribution in [3.8, 4) is 0 Å². The molecule has 1 fully saturated rings. The van der Waals surface area contributed by atoms with Gasteiger partial charge in [-0.05, 0) is 37.7 Å². The third-order valence-electron chi connectivity index (χ3n) is 4.52. The number of carbonyl (C=O) groups is 1. The lowest BCUT2D eigenvalue weighted by molar-refractivity contribution is 0.0914. The van der Waals surface area contributed by atoms with Crippen LogP contribution >= 0.6 is 11.8 Å². The Balaban J connectivity index is 1.61. The minimum absolute atomic E-state index is 0.00290. The summed E-state index contributed by atoms with van der Waals surface area (Å²) < 4.78 is 1.77. The minimum atomic E-state index is -0.00290. The number of rotatable bonds is 5. The standard InChI is InChI=1S/C17H24N4OS/c1-13-4-3-7-21-16(13)15(12-18-21)17(22)19-14-5-8-20(9-6-14)10-11-23-2/h3-4,7,12,14H,5-6,8-11H2,1-2H3,(H,19,22). The summed E-state index contributed by atoms with van der Waals surface area (Å²) in [5.41, 5.74) is 2.65. The van der Waals surface area contributed by atoms with Crippen molar-refractivity contribution < 1.29 is 4.79 Å². The van der Waals surface area contributed by atoms with E-state index in [2.05, 4.69) is 21.6 Å². The molecule has 0 aromatic carbocycles. The van der Waals surface area contributed by atoms with Crippen LogP contribution in [0.15, 0.2) is 24.5 Å². The average molecular weight is 332 g/mol. The molecule has 3 rings (SSSR count). The number of aryl methyl sites for hydroxylation is 1. The molecule has 0 aliphatic carbocycles. The first-order valence-corrected chi connectivity index (χ1v) is 9.53. The van der Waals surface area contributed by atoms with E-state index >= 15 is 0 Å². The summed E-state index contributed by atoms with van der Waals surface area (Å²) in [6.07, 6.45) is 7.75. The molecule has 5 nitrogen and oxygen atoms in total. The van der Waals surface area contributed by atoms with Gasteiger partial charge in [0.05, 0.1) is 17.3 Å². The fourth-order valence-corrected chi connectivity index (χ4v) is 3.61. The Labute approximate surface area is 141 Å². The number of hydrogen-bond donors (Lipinski definition) is 1. The van der Waals surface area contributed by atoms with Crippen LogP contribution in [0.5, 0.6) is 0 Å². The Bertz CT molecular complexity index is 676. The van der Waals surface area contributed by atoms with Crippen LogP contribution in [-0.2, 0) is 0 Å². The second-order valence-electron chi connectivity index (χ2n) is 6.12. The van der Waals surface area contributed by atoms with Crippen molar-refractivity contribution in [2.24, 2.45) is 0 Å². The van der Waals surface area contributed by atoms with Gasteiger partial charge in [0.1, 0.15) is 0 Å². The fraction of sp³-hybridized carbons (Fsp3) is 0.529. The predicted octanol–water partition coefficient (Wildman–Crippen LogP) is 2.20. The molecular formula is C17H24N4OS. The van der Waals surface area contributed by atoms with Gasteiger partial charge in [0, 0.05) is 37.6 Å². The van der Waals surface area contributed by atoms with Crippen LogP contribution in [0.4, 0.5) is 0 Å². The first kappa shape index (κ1) is 16.3. The van der Waals surface area contributed by atoms with Crippen LogP contribution in [0.1, 0.15) is 28.8 Å². The van der Waals surface area contributed by atoms with E-state index in [1.165, 1.54) is 5.75 Å². The number of carbonyl (C=O) groups excluding carboxylic acids is 1. The summed E-state index contributed by atoms with van der Waals surface area (Å²) in [5.74, 6) is 1.18. The summed E-state index contributed by atoms with van der Waals surface area (Å²) in [4.78, 5) is 15.1. The first-order valence-electron chi connectivity index (χ1n) is 8.14. The molecule has 0 unspecified atom stereocenters. The molecule has 2 aromatic rings. The number of amides is 1. The average Bonchev–Trinajstić information content (AvgIpc) is 3.00. The van der Waals surface area contributed by atoms with E-state index in [0.29, 0.717) is 5.56 Å². The van der Waals surface area contributed by atoms with E-state index in [-0.39, 0.29) is 11.9 Å². The van der Waals surface area contributed by atoms with Crippen molar-refractivity contribution in [3.05, 3.63) is 35.7 Å². The maximum atomic E-state index is 12.6. The van der Waals surface area contributed by atoms with Gasteiger partial charge in [0.25, 0.3) is 5.91 Å². The van der Waals surface area contributed by atoms with Gasteiger partial charge in [-0.25, -0.2) is 4.52 Å². The van der Waals surface area contributed by atoms with Crippen LogP contribution in [0.2, 0.25) is 0 Å². The van der Waals surface area contributed by atoms with Crippen molar-refractivity contribution in [1.29, 1.82) is 0 Å². The smallest absolute Gasteiger partial charge is 0.255 e. The summed E-state index contributed by atoms with van der Waals surface area (Å²) in [7, 11) is 0. The summed E-state index contributed by atoms with van der Waals surface area (Å²) in [6, 6.07) is 4.23. The molecule has 0 radical (unpaired) electrons. The zero-order valence-electron chi connectivity index (χ0n) is 13.8. The van der Waals surface area contributed by atoms with Gasteiger partial charge in [-0.1, -0.05) is 6.07 Å². The molecule has 0 bridgehead atoms. The molecule has 1 amide bonds. The topological polar surface area (TPSA) is 49.6 Å². The molecule has 0 spiro atoms. The number of piperidine rings is 1. The summed E-state index contributed by atoms with van der Waals surface area (Å²) >= 11 is 1.89. The van der Waals surface area contributed by atoms with E-state index in [0.717, 1.165) is 43.6 Å². The Morgan fingerprint density at radius 1 is 1.43 bits per heavy atom. The number of fused-ring (bicyclic) bond motifs is 1. The number of thioether (sulfide) groups is 1. The van der Waals surface area contributed by atoms with Crippen molar-refractivity contribution in [2.75, 3.05) is 31.6 Å². The molecular weight excluding hydrogens is 308 g/mol. The quantitative estimate of drug-likeness (QED) is 0.912. The van der Waals surface area contributed by atoms with Gasteiger partial charge in [-0.2, -0.15) is 16.9 Å². The molecule has 1 aliphatic rings. The number of pyridine rings is 1. The predicted molar refractivity (Wildman–Crippen MR) is 95.2 cm³/mol. The monoisotopic (exact) mass is 332 g/mol. The molecule has 6 heteroatoms. The number of aromatic nitrogens is 2. The first-order chi connectivity index (χ1) is 11.2. The zero-order chi connectivity index (χ0) is 16.2. The van der Waals surface area contributed by atoms with E-state index in [9.17, 15) is 4.79 Å². The third-order valence-corrected chi connectivity index (χ3v) is 5.11. The second-order valence-corrected chi connectivity index (χ2v) is 7.11. The molecule has 3 heterocycles. The molecule has 23 heavy (non-hydrogen) atoms. The Hall–Kier alpha value is -1.53. The molecule has 1 saturated heterocycles. The number of nitrogens with zero attached hydrogens (tertiary/aromatic N) is 3. The number of hydrogen-bond acceptors (Lipinski definition) is 4.